The van der Waals surface area contributed by atoms with Gasteiger partial charge in [-0.1, -0.05) is 19.0 Å². The van der Waals surface area contributed by atoms with Crippen LogP contribution in [0.25, 0.3) is 0 Å². The summed E-state index contributed by atoms with van der Waals surface area (Å²) in [5.74, 6) is 1.42. The van der Waals surface area contributed by atoms with Crippen molar-refractivity contribution in [3.63, 3.8) is 0 Å². The Bertz CT molecular complexity index is 604. The number of rotatable bonds is 5. The lowest BCUT2D eigenvalue weighted by molar-refractivity contribution is -0.114. The molecule has 0 aliphatic rings. The van der Waals surface area contributed by atoms with Crippen molar-refractivity contribution in [2.45, 2.75) is 39.7 Å². The minimum absolute atomic E-state index is 0.0865. The van der Waals surface area contributed by atoms with Crippen LogP contribution >= 0.6 is 0 Å². The molecule has 1 aromatic carbocycles. The molecule has 21 heavy (non-hydrogen) atoms. The van der Waals surface area contributed by atoms with Gasteiger partial charge in [-0.05, 0) is 31.2 Å². The number of carbonyl (C=O) groups is 1. The monoisotopic (exact) mass is 288 g/mol. The van der Waals surface area contributed by atoms with Gasteiger partial charge in [-0.15, -0.1) is 0 Å². The fraction of sp³-hybridized carbons (Fsp3) is 0.400. The van der Waals surface area contributed by atoms with Crippen LogP contribution in [-0.4, -0.2) is 16.0 Å². The lowest BCUT2D eigenvalue weighted by Gasteiger charge is -2.11. The van der Waals surface area contributed by atoms with Crippen molar-refractivity contribution in [3.05, 3.63) is 36.0 Å². The van der Waals surface area contributed by atoms with E-state index >= 15 is 0 Å². The van der Waals surface area contributed by atoms with Gasteiger partial charge in [0.15, 0.2) is 5.82 Å². The number of nitrogens with one attached hydrogen (secondary N) is 2. The van der Waals surface area contributed by atoms with Crippen LogP contribution in [0, 0.1) is 0 Å². The maximum atomic E-state index is 11.0. The van der Waals surface area contributed by atoms with Gasteiger partial charge < -0.3 is 15.2 Å². The van der Waals surface area contributed by atoms with E-state index in [4.69, 9.17) is 4.52 Å². The van der Waals surface area contributed by atoms with E-state index in [0.29, 0.717) is 11.7 Å². The molecule has 112 valence electrons. The molecule has 1 amide bonds. The molecular weight excluding hydrogens is 268 g/mol. The number of nitrogens with zero attached hydrogens (tertiary/aromatic N) is 2. The van der Waals surface area contributed by atoms with E-state index in [1.165, 1.54) is 6.92 Å². The molecule has 1 heterocycles. The Morgan fingerprint density at radius 3 is 2.29 bits per heavy atom. The molecule has 0 spiro atoms. The molecule has 6 heteroatoms. The average Bonchev–Trinajstić information content (AvgIpc) is 2.90. The normalized spacial score (nSPS) is 12.2. The molecule has 2 N–H and O–H groups in total. The summed E-state index contributed by atoms with van der Waals surface area (Å²) in [6, 6.07) is 7.37. The molecule has 0 aliphatic carbocycles. The molecule has 0 unspecified atom stereocenters. The van der Waals surface area contributed by atoms with E-state index in [1.54, 1.807) is 0 Å². The number of anilines is 2. The summed E-state index contributed by atoms with van der Waals surface area (Å²) in [4.78, 5) is 15.3. The number of aromatic nitrogens is 2. The Balaban J connectivity index is 2.01. The number of benzene rings is 1. The maximum Gasteiger partial charge on any atom is 0.248 e. The summed E-state index contributed by atoms with van der Waals surface area (Å²) < 4.78 is 5.26. The number of hydrogen-bond donors (Lipinski definition) is 2. The topological polar surface area (TPSA) is 80.0 Å². The number of amides is 1. The Morgan fingerprint density at radius 1 is 1.14 bits per heavy atom. The Kier molecular flexibility index (Phi) is 4.57. The van der Waals surface area contributed by atoms with Gasteiger partial charge in [-0.2, -0.15) is 4.98 Å². The quantitative estimate of drug-likeness (QED) is 0.882. The Morgan fingerprint density at radius 2 is 1.76 bits per heavy atom. The molecule has 0 aliphatic heterocycles. The molecule has 6 nitrogen and oxygen atoms in total. The van der Waals surface area contributed by atoms with E-state index in [0.717, 1.165) is 11.4 Å². The molecule has 0 bridgehead atoms. The van der Waals surface area contributed by atoms with Crippen LogP contribution in [0.1, 0.15) is 51.4 Å². The Hall–Kier alpha value is -2.37. The van der Waals surface area contributed by atoms with E-state index in [1.807, 2.05) is 45.0 Å². The fourth-order valence-corrected chi connectivity index (χ4v) is 1.82. The number of carbonyl (C=O) groups excluding carboxylic acids is 1. The molecular formula is C15H20N4O2. The zero-order valence-electron chi connectivity index (χ0n) is 12.7. The van der Waals surface area contributed by atoms with Crippen molar-refractivity contribution in [1.29, 1.82) is 0 Å². The van der Waals surface area contributed by atoms with Gasteiger partial charge in [0.1, 0.15) is 6.04 Å². The second-order valence-electron chi connectivity index (χ2n) is 5.27. The largest absolute Gasteiger partial charge is 0.374 e. The van der Waals surface area contributed by atoms with Gasteiger partial charge in [0.05, 0.1) is 0 Å². The predicted molar refractivity (Wildman–Crippen MR) is 81.2 cm³/mol. The zero-order chi connectivity index (χ0) is 15.4. The van der Waals surface area contributed by atoms with E-state index in [2.05, 4.69) is 20.8 Å². The molecule has 1 atom stereocenters. The highest BCUT2D eigenvalue weighted by Crippen LogP contribution is 2.21. The van der Waals surface area contributed by atoms with Gasteiger partial charge in [-0.25, -0.2) is 0 Å². The van der Waals surface area contributed by atoms with Gasteiger partial charge in [0.25, 0.3) is 0 Å². The molecule has 0 saturated heterocycles. The van der Waals surface area contributed by atoms with Crippen LogP contribution in [0.2, 0.25) is 0 Å². The lowest BCUT2D eigenvalue weighted by atomic mass is 10.2. The minimum Gasteiger partial charge on any atom is -0.374 e. The van der Waals surface area contributed by atoms with E-state index in [9.17, 15) is 4.79 Å². The van der Waals surface area contributed by atoms with Crippen LogP contribution in [-0.2, 0) is 4.79 Å². The first kappa shape index (κ1) is 15.0. The minimum atomic E-state index is -0.0869. The second kappa shape index (κ2) is 6.39. The van der Waals surface area contributed by atoms with Crippen molar-refractivity contribution in [2.24, 2.45) is 0 Å². The highest BCUT2D eigenvalue weighted by Gasteiger charge is 2.15. The molecule has 1 aromatic heterocycles. The summed E-state index contributed by atoms with van der Waals surface area (Å²) in [5, 5.41) is 9.96. The second-order valence-corrected chi connectivity index (χ2v) is 5.27. The van der Waals surface area contributed by atoms with Crippen molar-refractivity contribution in [1.82, 2.24) is 10.1 Å². The first-order valence-electron chi connectivity index (χ1n) is 6.93. The fourth-order valence-electron chi connectivity index (χ4n) is 1.82. The van der Waals surface area contributed by atoms with Crippen LogP contribution in [0.5, 0.6) is 0 Å². The lowest BCUT2D eigenvalue weighted by Crippen LogP contribution is -2.08. The van der Waals surface area contributed by atoms with Crippen molar-refractivity contribution >= 4 is 17.3 Å². The maximum absolute atomic E-state index is 11.0. The summed E-state index contributed by atoms with van der Waals surface area (Å²) in [5.41, 5.74) is 1.68. The summed E-state index contributed by atoms with van der Waals surface area (Å²) in [6.45, 7) is 7.48. The third kappa shape index (κ3) is 4.05. The summed E-state index contributed by atoms with van der Waals surface area (Å²) in [7, 11) is 0. The smallest absolute Gasteiger partial charge is 0.248 e. The van der Waals surface area contributed by atoms with Crippen molar-refractivity contribution in [3.8, 4) is 0 Å². The Labute approximate surface area is 123 Å². The van der Waals surface area contributed by atoms with Crippen LogP contribution in [0.3, 0.4) is 0 Å². The zero-order valence-corrected chi connectivity index (χ0v) is 12.7. The van der Waals surface area contributed by atoms with E-state index in [-0.39, 0.29) is 17.9 Å². The van der Waals surface area contributed by atoms with Gasteiger partial charge in [0.2, 0.25) is 11.8 Å². The molecule has 0 radical (unpaired) electrons. The highest BCUT2D eigenvalue weighted by atomic mass is 16.5. The molecule has 2 rings (SSSR count). The molecule has 2 aromatic rings. The van der Waals surface area contributed by atoms with Gasteiger partial charge in [-0.3, -0.25) is 4.79 Å². The van der Waals surface area contributed by atoms with Crippen molar-refractivity contribution < 1.29 is 9.32 Å². The van der Waals surface area contributed by atoms with Crippen LogP contribution in [0.15, 0.2) is 28.8 Å². The first-order chi connectivity index (χ1) is 9.95. The highest BCUT2D eigenvalue weighted by molar-refractivity contribution is 5.88. The summed E-state index contributed by atoms with van der Waals surface area (Å²) in [6.07, 6.45) is 0. The van der Waals surface area contributed by atoms with Gasteiger partial charge in [0, 0.05) is 24.2 Å². The van der Waals surface area contributed by atoms with Crippen LogP contribution < -0.4 is 10.6 Å². The standard InChI is InChI=1S/C15H20N4O2/c1-9(2)14-18-15(21-19-14)10(3)16-12-5-7-13(8-6-12)17-11(4)20/h5-10,16H,1-4H3,(H,17,20)/t10-/m0/s1. The predicted octanol–water partition coefficient (Wildman–Crippen LogP) is 3.32. The first-order valence-corrected chi connectivity index (χ1v) is 6.93. The SMILES string of the molecule is CC(=O)Nc1ccc(N[C@@H](C)c2nc(C(C)C)no2)cc1. The molecule has 0 saturated carbocycles. The van der Waals surface area contributed by atoms with Crippen LogP contribution in [0.4, 0.5) is 11.4 Å². The summed E-state index contributed by atoms with van der Waals surface area (Å²) >= 11 is 0. The third-order valence-corrected chi connectivity index (χ3v) is 2.93. The third-order valence-electron chi connectivity index (χ3n) is 2.93. The average molecular weight is 288 g/mol. The van der Waals surface area contributed by atoms with E-state index < -0.39 is 0 Å². The number of hydrogen-bond acceptors (Lipinski definition) is 5. The van der Waals surface area contributed by atoms with Gasteiger partial charge >= 0.3 is 0 Å². The molecule has 0 fully saturated rings. The van der Waals surface area contributed by atoms with Crippen molar-refractivity contribution in [2.75, 3.05) is 10.6 Å².